The minimum atomic E-state index is -4.12. The van der Waals surface area contributed by atoms with Gasteiger partial charge in [-0.1, -0.05) is 0 Å². The lowest BCUT2D eigenvalue weighted by molar-refractivity contribution is 0.0397. The Kier molecular flexibility index (Phi) is 4.43. The van der Waals surface area contributed by atoms with Crippen molar-refractivity contribution in [1.29, 1.82) is 0 Å². The molecule has 0 radical (unpaired) electrons. The Hall–Kier alpha value is -1.45. The Balaban J connectivity index is 1.76. The van der Waals surface area contributed by atoms with Crippen molar-refractivity contribution in [3.63, 3.8) is 0 Å². The van der Waals surface area contributed by atoms with E-state index in [9.17, 15) is 9.67 Å². The summed E-state index contributed by atoms with van der Waals surface area (Å²) in [4.78, 5) is 26.5. The number of ether oxygens (including phenoxy) is 1. The highest BCUT2D eigenvalue weighted by atomic mass is 31.2. The highest BCUT2D eigenvalue weighted by Gasteiger charge is 2.40. The van der Waals surface area contributed by atoms with Crippen LogP contribution in [0.4, 0.5) is 5.82 Å². The van der Waals surface area contributed by atoms with Crippen LogP contribution in [0.3, 0.4) is 0 Å². The highest BCUT2D eigenvalue weighted by Crippen LogP contribution is 2.46. The van der Waals surface area contributed by atoms with Crippen LogP contribution in [0.15, 0.2) is 11.3 Å². The van der Waals surface area contributed by atoms with E-state index in [1.54, 1.807) is 6.33 Å². The molecule has 1 aromatic heterocycles. The number of guanidine groups is 1. The first kappa shape index (κ1) is 17.4. The van der Waals surface area contributed by atoms with Crippen LogP contribution < -0.4 is 11.1 Å². The molecule has 11 heteroatoms. The summed E-state index contributed by atoms with van der Waals surface area (Å²) >= 11 is 0. The van der Waals surface area contributed by atoms with Crippen molar-refractivity contribution in [2.24, 2.45) is 10.7 Å². The molecule has 1 fully saturated rings. The molecule has 134 valence electrons. The van der Waals surface area contributed by atoms with E-state index < -0.39 is 19.4 Å². The largest absolute Gasteiger partial charge is 0.390 e. The second-order valence-electron chi connectivity index (χ2n) is 6.37. The number of nitrogens with one attached hydrogen (secondary N) is 1. The van der Waals surface area contributed by atoms with E-state index in [4.69, 9.17) is 20.3 Å². The summed E-state index contributed by atoms with van der Waals surface area (Å²) in [5.41, 5.74) is 5.31. The molecule has 6 N–H and O–H groups in total. The fourth-order valence-corrected chi connectivity index (χ4v) is 4.07. The molecule has 0 amide bonds. The van der Waals surface area contributed by atoms with Crippen molar-refractivity contribution in [1.82, 2.24) is 9.55 Å². The lowest BCUT2D eigenvalue weighted by Gasteiger charge is -2.25. The highest BCUT2D eigenvalue weighted by molar-refractivity contribution is 7.51. The quantitative estimate of drug-likeness (QED) is 0.470. The number of imidazole rings is 1. The van der Waals surface area contributed by atoms with Gasteiger partial charge >= 0.3 is 7.60 Å². The lowest BCUT2D eigenvalue weighted by Crippen LogP contribution is -2.30. The van der Waals surface area contributed by atoms with E-state index in [1.165, 1.54) is 7.11 Å². The number of nitrogens with two attached hydrogens (primary N) is 1. The van der Waals surface area contributed by atoms with Gasteiger partial charge in [-0.25, -0.2) is 9.98 Å². The summed E-state index contributed by atoms with van der Waals surface area (Å²) in [7, 11) is -2.60. The number of aliphatic imine (C=N–C) groups is 1. The zero-order valence-electron chi connectivity index (χ0n) is 13.3. The van der Waals surface area contributed by atoms with Crippen molar-refractivity contribution in [3.05, 3.63) is 12.0 Å². The normalized spacial score (nSPS) is 29.9. The van der Waals surface area contributed by atoms with Gasteiger partial charge in [0.1, 0.15) is 11.5 Å². The molecule has 1 unspecified atom stereocenters. The third-order valence-electron chi connectivity index (χ3n) is 4.60. The predicted octanol–water partition coefficient (Wildman–Crippen LogP) is 0.292. The fourth-order valence-electron chi connectivity index (χ4n) is 3.36. The van der Waals surface area contributed by atoms with E-state index in [1.807, 2.05) is 4.57 Å². The molecule has 2 aliphatic rings. The molecule has 3 atom stereocenters. The van der Waals surface area contributed by atoms with Gasteiger partial charge < -0.3 is 35.2 Å². The average molecular weight is 359 g/mol. The summed E-state index contributed by atoms with van der Waals surface area (Å²) in [5.74, 6) is 0.907. The van der Waals surface area contributed by atoms with Crippen LogP contribution >= 0.6 is 7.60 Å². The van der Waals surface area contributed by atoms with Crippen LogP contribution in [-0.4, -0.2) is 49.3 Å². The molecule has 0 aromatic carbocycles. The van der Waals surface area contributed by atoms with E-state index >= 15 is 0 Å². The monoisotopic (exact) mass is 359 g/mol. The average Bonchev–Trinajstić information content (AvgIpc) is 3.08. The Morgan fingerprint density at radius 1 is 1.58 bits per heavy atom. The lowest BCUT2D eigenvalue weighted by atomic mass is 9.99. The summed E-state index contributed by atoms with van der Waals surface area (Å²) in [6.07, 6.45) is 2.38. The third kappa shape index (κ3) is 3.47. The van der Waals surface area contributed by atoms with E-state index in [2.05, 4.69) is 15.3 Å². The molecule has 1 aliphatic heterocycles. The first-order valence-corrected chi connectivity index (χ1v) is 9.47. The fraction of sp³-hybridized carbons (Fsp3) is 0.692. The van der Waals surface area contributed by atoms with Crippen LogP contribution in [0, 0.1) is 0 Å². The molecule has 24 heavy (non-hydrogen) atoms. The number of anilines is 1. The molecule has 0 bridgehead atoms. The first-order valence-electron chi connectivity index (χ1n) is 7.67. The SMILES string of the molecule is COC1N=C(N)Nc2c1ncn2[C@H]1CC[C@@](O)(CCP(=O)(O)O)C1. The van der Waals surface area contributed by atoms with Gasteiger partial charge in [0.15, 0.2) is 12.2 Å². The van der Waals surface area contributed by atoms with Gasteiger partial charge in [0.05, 0.1) is 18.1 Å². The summed E-state index contributed by atoms with van der Waals surface area (Å²) in [6, 6.07) is -0.0427. The maximum absolute atomic E-state index is 11.1. The van der Waals surface area contributed by atoms with Crippen molar-refractivity contribution in [2.45, 2.75) is 43.6 Å². The van der Waals surface area contributed by atoms with Gasteiger partial charge in [0.25, 0.3) is 0 Å². The molecule has 1 saturated carbocycles. The number of hydrogen-bond acceptors (Lipinski definition) is 7. The number of aliphatic hydroxyl groups is 1. The Morgan fingerprint density at radius 3 is 3.00 bits per heavy atom. The van der Waals surface area contributed by atoms with Crippen molar-refractivity contribution < 1.29 is 24.2 Å². The van der Waals surface area contributed by atoms with Gasteiger partial charge in [0.2, 0.25) is 0 Å². The Bertz CT molecular complexity index is 701. The smallest absolute Gasteiger partial charge is 0.325 e. The topological polar surface area (TPSA) is 155 Å². The second kappa shape index (κ2) is 6.12. The Labute approximate surface area is 138 Å². The van der Waals surface area contributed by atoms with Crippen LogP contribution in [0.1, 0.15) is 43.6 Å². The predicted molar refractivity (Wildman–Crippen MR) is 86.6 cm³/mol. The zero-order chi connectivity index (χ0) is 17.5. The molecular weight excluding hydrogens is 337 g/mol. The van der Waals surface area contributed by atoms with E-state index in [0.29, 0.717) is 30.8 Å². The maximum atomic E-state index is 11.1. The van der Waals surface area contributed by atoms with Crippen LogP contribution in [-0.2, 0) is 9.30 Å². The molecule has 10 nitrogen and oxygen atoms in total. The number of nitrogens with zero attached hydrogens (tertiary/aromatic N) is 3. The minimum Gasteiger partial charge on any atom is -0.390 e. The number of hydrogen-bond donors (Lipinski definition) is 5. The van der Waals surface area contributed by atoms with Crippen molar-refractivity contribution in [2.75, 3.05) is 18.6 Å². The first-order chi connectivity index (χ1) is 11.2. The van der Waals surface area contributed by atoms with E-state index in [0.717, 1.165) is 0 Å². The molecule has 1 aliphatic carbocycles. The molecule has 1 aromatic rings. The minimum absolute atomic E-state index is 0.0427. The number of fused-ring (bicyclic) bond motifs is 1. The summed E-state index contributed by atoms with van der Waals surface area (Å²) in [6.45, 7) is 0. The summed E-state index contributed by atoms with van der Waals surface area (Å²) < 4.78 is 18.2. The van der Waals surface area contributed by atoms with Crippen molar-refractivity contribution >= 4 is 19.4 Å². The maximum Gasteiger partial charge on any atom is 0.325 e. The van der Waals surface area contributed by atoms with Gasteiger partial charge in [-0.2, -0.15) is 0 Å². The van der Waals surface area contributed by atoms with Crippen molar-refractivity contribution in [3.8, 4) is 0 Å². The van der Waals surface area contributed by atoms with Crippen LogP contribution in [0.25, 0.3) is 0 Å². The molecule has 0 saturated heterocycles. The third-order valence-corrected chi connectivity index (χ3v) is 5.41. The van der Waals surface area contributed by atoms with Gasteiger partial charge in [0, 0.05) is 13.2 Å². The second-order valence-corrected chi connectivity index (χ2v) is 8.15. The van der Waals surface area contributed by atoms with Crippen LogP contribution in [0.5, 0.6) is 0 Å². The molecule has 2 heterocycles. The zero-order valence-corrected chi connectivity index (χ0v) is 14.2. The standard InChI is InChI=1S/C13H22N5O5P/c1-23-11-9-10(16-12(14)17-11)18(7-15-9)8-2-3-13(19,6-8)4-5-24(20,21)22/h7-8,11,19H,2-6H2,1H3,(H3,14,16,17)(H2,20,21,22)/t8-,11?,13+/m0/s1. The van der Waals surface area contributed by atoms with Gasteiger partial charge in [-0.05, 0) is 25.7 Å². The van der Waals surface area contributed by atoms with Gasteiger partial charge in [-0.3, -0.25) is 4.57 Å². The molecule has 3 rings (SSSR count). The van der Waals surface area contributed by atoms with Crippen LogP contribution in [0.2, 0.25) is 0 Å². The molecule has 0 spiro atoms. The number of aromatic nitrogens is 2. The van der Waals surface area contributed by atoms with Gasteiger partial charge in [-0.15, -0.1) is 0 Å². The Morgan fingerprint density at radius 2 is 2.33 bits per heavy atom. The number of rotatable bonds is 5. The van der Waals surface area contributed by atoms with E-state index in [-0.39, 0.29) is 24.6 Å². The summed E-state index contributed by atoms with van der Waals surface area (Å²) in [5, 5.41) is 13.6. The molecular formula is C13H22N5O5P. The number of methoxy groups -OCH3 is 1.